The van der Waals surface area contributed by atoms with Gasteiger partial charge in [-0.05, 0) is 55.0 Å². The molecule has 0 bridgehead atoms. The van der Waals surface area contributed by atoms with Crippen LogP contribution in [0.1, 0.15) is 16.8 Å². The van der Waals surface area contributed by atoms with Crippen LogP contribution >= 0.6 is 0 Å². The van der Waals surface area contributed by atoms with Gasteiger partial charge in [0.25, 0.3) is 5.91 Å². The highest BCUT2D eigenvalue weighted by Gasteiger charge is 2.32. The summed E-state index contributed by atoms with van der Waals surface area (Å²) in [6, 6.07) is 11.9. The number of carbonyl (C=O) groups excluding carboxylic acids is 2. The van der Waals surface area contributed by atoms with E-state index in [9.17, 15) is 14.0 Å². The van der Waals surface area contributed by atoms with Gasteiger partial charge in [0, 0.05) is 23.5 Å². The summed E-state index contributed by atoms with van der Waals surface area (Å²) < 4.78 is 13.0. The van der Waals surface area contributed by atoms with E-state index in [4.69, 9.17) is 5.21 Å². The first-order valence-electron chi connectivity index (χ1n) is 7.46. The summed E-state index contributed by atoms with van der Waals surface area (Å²) in [5.41, 5.74) is 3.24. The monoisotopic (exact) mass is 329 g/mol. The van der Waals surface area contributed by atoms with Crippen molar-refractivity contribution in [1.82, 2.24) is 5.48 Å². The van der Waals surface area contributed by atoms with Crippen LogP contribution in [0.2, 0.25) is 0 Å². The van der Waals surface area contributed by atoms with Crippen LogP contribution < -0.4 is 15.7 Å². The molecule has 0 spiro atoms. The second kappa shape index (κ2) is 6.67. The molecule has 2 aromatic rings. The van der Waals surface area contributed by atoms with E-state index in [0.29, 0.717) is 29.9 Å². The van der Waals surface area contributed by atoms with E-state index >= 15 is 0 Å². The Morgan fingerprint density at radius 1 is 1.12 bits per heavy atom. The standard InChI is InChI=1S/C17H16FN3O3/c18-12-3-7-14(8-4-12)21-10-9-15(17(21)23)19-13-5-1-11(2-6-13)16(22)20-24/h1-8,15,19,24H,9-10H2,(H,20,22). The Hall–Kier alpha value is -2.93. The van der Waals surface area contributed by atoms with E-state index in [-0.39, 0.29) is 17.8 Å². The van der Waals surface area contributed by atoms with Crippen molar-refractivity contribution in [3.05, 3.63) is 59.9 Å². The molecule has 6 nitrogen and oxygen atoms in total. The fraction of sp³-hybridized carbons (Fsp3) is 0.176. The van der Waals surface area contributed by atoms with Crippen molar-refractivity contribution in [3.8, 4) is 0 Å². The minimum absolute atomic E-state index is 0.0845. The normalized spacial score (nSPS) is 17.0. The van der Waals surface area contributed by atoms with Crippen molar-refractivity contribution in [1.29, 1.82) is 0 Å². The lowest BCUT2D eigenvalue weighted by Crippen LogP contribution is -2.33. The molecule has 1 aliphatic rings. The fourth-order valence-electron chi connectivity index (χ4n) is 2.67. The van der Waals surface area contributed by atoms with Gasteiger partial charge in [-0.15, -0.1) is 0 Å². The Morgan fingerprint density at radius 3 is 2.42 bits per heavy atom. The van der Waals surface area contributed by atoms with Crippen molar-refractivity contribution in [2.24, 2.45) is 0 Å². The average molecular weight is 329 g/mol. The van der Waals surface area contributed by atoms with Crippen molar-refractivity contribution >= 4 is 23.2 Å². The molecule has 124 valence electrons. The van der Waals surface area contributed by atoms with Crippen LogP contribution in [0.15, 0.2) is 48.5 Å². The van der Waals surface area contributed by atoms with E-state index in [2.05, 4.69) is 5.32 Å². The third-order valence-electron chi connectivity index (χ3n) is 3.93. The average Bonchev–Trinajstić information content (AvgIpc) is 2.96. The zero-order valence-electron chi connectivity index (χ0n) is 12.7. The molecule has 24 heavy (non-hydrogen) atoms. The summed E-state index contributed by atoms with van der Waals surface area (Å²) in [6.07, 6.45) is 0.620. The molecule has 2 amide bonds. The first-order chi connectivity index (χ1) is 11.6. The molecule has 0 aliphatic carbocycles. The van der Waals surface area contributed by atoms with Gasteiger partial charge in [0.2, 0.25) is 5.91 Å². The van der Waals surface area contributed by atoms with E-state index in [1.54, 1.807) is 46.8 Å². The van der Waals surface area contributed by atoms with Gasteiger partial charge < -0.3 is 10.2 Å². The third kappa shape index (κ3) is 3.21. The number of amides is 2. The maximum Gasteiger partial charge on any atom is 0.274 e. The highest BCUT2D eigenvalue weighted by Crippen LogP contribution is 2.24. The molecular weight excluding hydrogens is 313 g/mol. The molecule has 0 radical (unpaired) electrons. The molecule has 3 rings (SSSR count). The minimum Gasteiger partial charge on any atom is -0.374 e. The third-order valence-corrected chi connectivity index (χ3v) is 3.93. The van der Waals surface area contributed by atoms with E-state index < -0.39 is 5.91 Å². The molecule has 3 N–H and O–H groups in total. The SMILES string of the molecule is O=C(NO)c1ccc(NC2CCN(c3ccc(F)cc3)C2=O)cc1. The number of carbonyl (C=O) groups is 2. The lowest BCUT2D eigenvalue weighted by molar-refractivity contribution is -0.117. The number of hydroxylamine groups is 1. The number of nitrogens with zero attached hydrogens (tertiary/aromatic N) is 1. The second-order valence-corrected chi connectivity index (χ2v) is 5.47. The number of benzene rings is 2. The van der Waals surface area contributed by atoms with Gasteiger partial charge in [-0.2, -0.15) is 0 Å². The summed E-state index contributed by atoms with van der Waals surface area (Å²) >= 11 is 0. The summed E-state index contributed by atoms with van der Waals surface area (Å²) in [5, 5.41) is 11.7. The van der Waals surface area contributed by atoms with E-state index in [1.807, 2.05) is 0 Å². The maximum atomic E-state index is 13.0. The smallest absolute Gasteiger partial charge is 0.274 e. The lowest BCUT2D eigenvalue weighted by Gasteiger charge is -2.17. The Morgan fingerprint density at radius 2 is 1.79 bits per heavy atom. The molecule has 7 heteroatoms. The van der Waals surface area contributed by atoms with Crippen LogP contribution in [0.5, 0.6) is 0 Å². The Labute approximate surface area is 137 Å². The molecule has 0 aromatic heterocycles. The topological polar surface area (TPSA) is 81.7 Å². The number of anilines is 2. The fourth-order valence-corrected chi connectivity index (χ4v) is 2.67. The summed E-state index contributed by atoms with van der Waals surface area (Å²) in [4.78, 5) is 25.4. The first-order valence-corrected chi connectivity index (χ1v) is 7.46. The minimum atomic E-state index is -0.596. The van der Waals surface area contributed by atoms with Gasteiger partial charge in [-0.1, -0.05) is 0 Å². The van der Waals surface area contributed by atoms with E-state index in [1.165, 1.54) is 12.1 Å². The molecule has 2 aromatic carbocycles. The number of rotatable bonds is 4. The summed E-state index contributed by atoms with van der Waals surface area (Å²) in [5.74, 6) is -1.02. The van der Waals surface area contributed by atoms with Crippen LogP contribution in [-0.4, -0.2) is 29.6 Å². The van der Waals surface area contributed by atoms with Crippen LogP contribution in [-0.2, 0) is 4.79 Å². The summed E-state index contributed by atoms with van der Waals surface area (Å²) in [6.45, 7) is 0.549. The molecule has 1 aliphatic heterocycles. The van der Waals surface area contributed by atoms with Crippen molar-refractivity contribution in [2.75, 3.05) is 16.8 Å². The van der Waals surface area contributed by atoms with E-state index in [0.717, 1.165) is 0 Å². The maximum absolute atomic E-state index is 13.0. The molecule has 1 atom stereocenters. The van der Waals surface area contributed by atoms with Crippen LogP contribution in [0, 0.1) is 5.82 Å². The van der Waals surface area contributed by atoms with Crippen LogP contribution in [0.25, 0.3) is 0 Å². The highest BCUT2D eigenvalue weighted by atomic mass is 19.1. The predicted molar refractivity (Wildman–Crippen MR) is 86.5 cm³/mol. The Bertz CT molecular complexity index is 747. The van der Waals surface area contributed by atoms with Gasteiger partial charge >= 0.3 is 0 Å². The summed E-state index contributed by atoms with van der Waals surface area (Å²) in [7, 11) is 0. The van der Waals surface area contributed by atoms with Gasteiger partial charge in [0.1, 0.15) is 11.9 Å². The van der Waals surface area contributed by atoms with Crippen molar-refractivity contribution in [2.45, 2.75) is 12.5 Å². The molecule has 1 fully saturated rings. The largest absolute Gasteiger partial charge is 0.374 e. The lowest BCUT2D eigenvalue weighted by atomic mass is 10.1. The highest BCUT2D eigenvalue weighted by molar-refractivity contribution is 6.01. The number of hydrogen-bond donors (Lipinski definition) is 3. The molecule has 1 unspecified atom stereocenters. The van der Waals surface area contributed by atoms with Gasteiger partial charge in [-0.3, -0.25) is 14.8 Å². The molecule has 0 saturated carbocycles. The number of halogens is 1. The van der Waals surface area contributed by atoms with Gasteiger partial charge in [-0.25, -0.2) is 9.87 Å². The zero-order valence-corrected chi connectivity index (χ0v) is 12.7. The van der Waals surface area contributed by atoms with Crippen molar-refractivity contribution < 1.29 is 19.2 Å². The zero-order chi connectivity index (χ0) is 17.1. The number of hydrogen-bond acceptors (Lipinski definition) is 4. The molecule has 1 heterocycles. The Balaban J connectivity index is 1.67. The molecule has 1 saturated heterocycles. The van der Waals surface area contributed by atoms with Gasteiger partial charge in [0.15, 0.2) is 0 Å². The van der Waals surface area contributed by atoms with Gasteiger partial charge in [0.05, 0.1) is 0 Å². The van der Waals surface area contributed by atoms with Crippen LogP contribution in [0.4, 0.5) is 15.8 Å². The quantitative estimate of drug-likeness (QED) is 0.593. The van der Waals surface area contributed by atoms with Crippen molar-refractivity contribution in [3.63, 3.8) is 0 Å². The number of nitrogens with one attached hydrogen (secondary N) is 2. The van der Waals surface area contributed by atoms with Crippen LogP contribution in [0.3, 0.4) is 0 Å². The molecular formula is C17H16FN3O3. The Kier molecular flexibility index (Phi) is 4.43. The first kappa shape index (κ1) is 15.9. The second-order valence-electron chi connectivity index (χ2n) is 5.47. The predicted octanol–water partition coefficient (Wildman–Crippen LogP) is 2.16.